The number of carboxylic acids is 1. The van der Waals surface area contributed by atoms with Crippen molar-refractivity contribution in [2.24, 2.45) is 0 Å². The van der Waals surface area contributed by atoms with Gasteiger partial charge in [-0.05, 0) is 30.5 Å². The summed E-state index contributed by atoms with van der Waals surface area (Å²) in [6.45, 7) is 2.05. The van der Waals surface area contributed by atoms with Gasteiger partial charge in [0.15, 0.2) is 0 Å². The molecule has 3 rings (SSSR count). The molecule has 0 bridgehead atoms. The Balaban J connectivity index is 2.01. The lowest BCUT2D eigenvalue weighted by atomic mass is 10.1. The normalized spacial score (nSPS) is 10.7. The molecule has 0 spiro atoms. The van der Waals surface area contributed by atoms with Crippen LogP contribution in [0, 0.1) is 6.92 Å². The first-order valence-electron chi connectivity index (χ1n) is 6.58. The topological polar surface area (TPSA) is 59.7 Å². The Morgan fingerprint density at radius 1 is 1.14 bits per heavy atom. The number of furan rings is 1. The molecule has 0 aliphatic heterocycles. The smallest absolute Gasteiger partial charge is 0.339 e. The SMILES string of the molecule is Cc1ccc(COc2c(C(=O)O)ccc3ccccc23)o1. The van der Waals surface area contributed by atoms with Crippen LogP contribution < -0.4 is 4.74 Å². The van der Waals surface area contributed by atoms with Gasteiger partial charge in [0.25, 0.3) is 0 Å². The van der Waals surface area contributed by atoms with E-state index in [4.69, 9.17) is 9.15 Å². The molecule has 2 aromatic carbocycles. The van der Waals surface area contributed by atoms with Gasteiger partial charge in [-0.15, -0.1) is 0 Å². The van der Waals surface area contributed by atoms with Crippen LogP contribution in [0.15, 0.2) is 52.9 Å². The van der Waals surface area contributed by atoms with E-state index in [1.165, 1.54) is 0 Å². The molecule has 0 atom stereocenters. The second-order valence-corrected chi connectivity index (χ2v) is 4.77. The summed E-state index contributed by atoms with van der Waals surface area (Å²) >= 11 is 0. The summed E-state index contributed by atoms with van der Waals surface area (Å²) in [6, 6.07) is 14.5. The summed E-state index contributed by atoms with van der Waals surface area (Å²) < 4.78 is 11.2. The molecule has 0 aliphatic carbocycles. The van der Waals surface area contributed by atoms with Crippen LogP contribution in [0.5, 0.6) is 5.75 Å². The molecular weight excluding hydrogens is 268 g/mol. The van der Waals surface area contributed by atoms with E-state index >= 15 is 0 Å². The molecule has 4 heteroatoms. The molecule has 1 N–H and O–H groups in total. The second-order valence-electron chi connectivity index (χ2n) is 4.77. The first-order valence-corrected chi connectivity index (χ1v) is 6.58. The number of rotatable bonds is 4. The Hall–Kier alpha value is -2.75. The number of hydrogen-bond donors (Lipinski definition) is 1. The minimum absolute atomic E-state index is 0.150. The standard InChI is InChI=1S/C17H14O4/c1-11-6-8-13(21-11)10-20-16-14-5-3-2-4-12(14)7-9-15(16)17(18)19/h2-9H,10H2,1H3,(H,18,19). The molecule has 4 nitrogen and oxygen atoms in total. The van der Waals surface area contributed by atoms with Gasteiger partial charge in [-0.1, -0.05) is 30.3 Å². The molecule has 3 aromatic rings. The molecule has 0 aliphatic rings. The van der Waals surface area contributed by atoms with Crippen LogP contribution in [0.2, 0.25) is 0 Å². The first kappa shape index (κ1) is 13.2. The summed E-state index contributed by atoms with van der Waals surface area (Å²) in [6.07, 6.45) is 0. The Kier molecular flexibility index (Phi) is 3.36. The summed E-state index contributed by atoms with van der Waals surface area (Å²) in [7, 11) is 0. The van der Waals surface area contributed by atoms with Crippen LogP contribution in [0.1, 0.15) is 21.9 Å². The predicted octanol–water partition coefficient (Wildman–Crippen LogP) is 4.02. The van der Waals surface area contributed by atoms with Crippen molar-refractivity contribution in [3.63, 3.8) is 0 Å². The van der Waals surface area contributed by atoms with Gasteiger partial charge < -0.3 is 14.3 Å². The van der Waals surface area contributed by atoms with Crippen molar-refractivity contribution < 1.29 is 19.1 Å². The quantitative estimate of drug-likeness (QED) is 0.785. The zero-order valence-corrected chi connectivity index (χ0v) is 11.5. The zero-order chi connectivity index (χ0) is 14.8. The van der Waals surface area contributed by atoms with Gasteiger partial charge >= 0.3 is 5.97 Å². The van der Waals surface area contributed by atoms with Crippen LogP contribution in [-0.2, 0) is 6.61 Å². The molecule has 0 amide bonds. The highest BCUT2D eigenvalue weighted by Crippen LogP contribution is 2.30. The van der Waals surface area contributed by atoms with Crippen molar-refractivity contribution in [3.8, 4) is 5.75 Å². The highest BCUT2D eigenvalue weighted by Gasteiger charge is 2.15. The van der Waals surface area contributed by atoms with E-state index in [0.29, 0.717) is 11.5 Å². The third kappa shape index (κ3) is 2.60. The van der Waals surface area contributed by atoms with Crippen molar-refractivity contribution >= 4 is 16.7 Å². The minimum Gasteiger partial charge on any atom is -0.484 e. The number of aromatic carboxylic acids is 1. The van der Waals surface area contributed by atoms with Crippen LogP contribution in [0.4, 0.5) is 0 Å². The van der Waals surface area contributed by atoms with E-state index in [1.807, 2.05) is 43.3 Å². The van der Waals surface area contributed by atoms with Gasteiger partial charge in [0.05, 0.1) is 0 Å². The third-order valence-electron chi connectivity index (χ3n) is 3.26. The molecule has 1 aromatic heterocycles. The Morgan fingerprint density at radius 3 is 2.67 bits per heavy atom. The zero-order valence-electron chi connectivity index (χ0n) is 11.5. The van der Waals surface area contributed by atoms with E-state index in [-0.39, 0.29) is 12.2 Å². The molecule has 0 radical (unpaired) electrons. The van der Waals surface area contributed by atoms with Gasteiger partial charge in [-0.25, -0.2) is 4.79 Å². The number of carbonyl (C=O) groups is 1. The lowest BCUT2D eigenvalue weighted by Crippen LogP contribution is -2.03. The highest BCUT2D eigenvalue weighted by atomic mass is 16.5. The molecule has 0 fully saturated rings. The van der Waals surface area contributed by atoms with Gasteiger partial charge in [0.1, 0.15) is 29.4 Å². The van der Waals surface area contributed by atoms with E-state index in [9.17, 15) is 9.90 Å². The Morgan fingerprint density at radius 2 is 1.95 bits per heavy atom. The number of benzene rings is 2. The predicted molar refractivity (Wildman–Crippen MR) is 78.7 cm³/mol. The average molecular weight is 282 g/mol. The van der Waals surface area contributed by atoms with Gasteiger partial charge in [0, 0.05) is 5.39 Å². The largest absolute Gasteiger partial charge is 0.484 e. The van der Waals surface area contributed by atoms with E-state index in [1.54, 1.807) is 12.1 Å². The molecule has 21 heavy (non-hydrogen) atoms. The minimum atomic E-state index is -1.01. The average Bonchev–Trinajstić information content (AvgIpc) is 2.90. The molecule has 106 valence electrons. The fraction of sp³-hybridized carbons (Fsp3) is 0.118. The second kappa shape index (κ2) is 5.32. The maximum atomic E-state index is 11.4. The summed E-state index contributed by atoms with van der Waals surface area (Å²) in [5, 5.41) is 11.0. The van der Waals surface area contributed by atoms with Crippen molar-refractivity contribution in [3.05, 3.63) is 65.6 Å². The molecule has 1 heterocycles. The van der Waals surface area contributed by atoms with E-state index in [0.717, 1.165) is 16.5 Å². The van der Waals surface area contributed by atoms with Crippen molar-refractivity contribution in [1.82, 2.24) is 0 Å². The summed E-state index contributed by atoms with van der Waals surface area (Å²) in [5.74, 6) is 0.822. The lowest BCUT2D eigenvalue weighted by Gasteiger charge is -2.11. The number of carboxylic acid groups (broad SMARTS) is 1. The fourth-order valence-electron chi connectivity index (χ4n) is 2.27. The molecule has 0 saturated heterocycles. The number of ether oxygens (including phenoxy) is 1. The number of hydrogen-bond acceptors (Lipinski definition) is 3. The van der Waals surface area contributed by atoms with E-state index in [2.05, 4.69) is 0 Å². The van der Waals surface area contributed by atoms with Crippen LogP contribution in [0.25, 0.3) is 10.8 Å². The molecular formula is C17H14O4. The maximum Gasteiger partial charge on any atom is 0.339 e. The van der Waals surface area contributed by atoms with Crippen LogP contribution in [0.3, 0.4) is 0 Å². The van der Waals surface area contributed by atoms with E-state index < -0.39 is 5.97 Å². The highest BCUT2D eigenvalue weighted by molar-refractivity contribution is 6.00. The van der Waals surface area contributed by atoms with Crippen LogP contribution >= 0.6 is 0 Å². The summed E-state index contributed by atoms with van der Waals surface area (Å²) in [5.41, 5.74) is 0.150. The van der Waals surface area contributed by atoms with Crippen LogP contribution in [-0.4, -0.2) is 11.1 Å². The molecule has 0 saturated carbocycles. The molecule has 0 unspecified atom stereocenters. The van der Waals surface area contributed by atoms with Crippen molar-refractivity contribution in [1.29, 1.82) is 0 Å². The van der Waals surface area contributed by atoms with Crippen molar-refractivity contribution in [2.45, 2.75) is 13.5 Å². The maximum absolute atomic E-state index is 11.4. The Labute approximate surface area is 121 Å². The Bertz CT molecular complexity index is 801. The monoisotopic (exact) mass is 282 g/mol. The third-order valence-corrected chi connectivity index (χ3v) is 3.26. The van der Waals surface area contributed by atoms with Crippen molar-refractivity contribution in [2.75, 3.05) is 0 Å². The lowest BCUT2D eigenvalue weighted by molar-refractivity contribution is 0.0691. The summed E-state index contributed by atoms with van der Waals surface area (Å²) in [4.78, 5) is 11.4. The number of fused-ring (bicyclic) bond motifs is 1. The number of aryl methyl sites for hydroxylation is 1. The van der Waals surface area contributed by atoms with Gasteiger partial charge in [-0.3, -0.25) is 0 Å². The fourth-order valence-corrected chi connectivity index (χ4v) is 2.27. The van der Waals surface area contributed by atoms with Gasteiger partial charge in [0.2, 0.25) is 0 Å². The van der Waals surface area contributed by atoms with Gasteiger partial charge in [-0.2, -0.15) is 0 Å². The first-order chi connectivity index (χ1) is 10.1.